The average Bonchev–Trinajstić information content (AvgIpc) is 2.70. The number of nitriles is 1. The Kier molecular flexibility index (Phi) is 7.81. The molecule has 0 aliphatic carbocycles. The van der Waals surface area contributed by atoms with Crippen LogP contribution in [0.1, 0.15) is 39.2 Å². The summed E-state index contributed by atoms with van der Waals surface area (Å²) in [5, 5.41) is 11.4. The summed E-state index contributed by atoms with van der Waals surface area (Å²) in [6, 6.07) is 7.74. The molecule has 164 valence electrons. The van der Waals surface area contributed by atoms with Crippen molar-refractivity contribution in [3.05, 3.63) is 29.8 Å². The Morgan fingerprint density at radius 2 is 1.73 bits per heavy atom. The van der Waals surface area contributed by atoms with Crippen molar-refractivity contribution in [2.75, 3.05) is 32.7 Å². The van der Waals surface area contributed by atoms with Crippen LogP contribution in [0.2, 0.25) is 0 Å². The zero-order chi connectivity index (χ0) is 22.4. The molecular formula is C20H28N4O5S. The van der Waals surface area contributed by atoms with E-state index in [0.717, 1.165) is 0 Å². The average molecular weight is 437 g/mol. The standard InChI is InChI=1S/C20H28N4O5S/c1-20(2,3)29-19(26)22-10-4-5-18(25)23-11-13-24(14-12-23)30(27,28)17-8-6-16(15-21)7-9-17/h6-9H,4-5,10-14H2,1-3H3,(H,22,26). The molecule has 1 N–H and O–H groups in total. The number of hydrogen-bond acceptors (Lipinski definition) is 6. The summed E-state index contributed by atoms with van der Waals surface area (Å²) in [6.07, 6.45) is 0.219. The van der Waals surface area contributed by atoms with Crippen LogP contribution in [-0.2, 0) is 19.6 Å². The minimum absolute atomic E-state index is 0.0728. The number of piperazine rings is 1. The molecule has 0 radical (unpaired) electrons. The SMILES string of the molecule is CC(C)(C)OC(=O)NCCCC(=O)N1CCN(S(=O)(=O)c2ccc(C#N)cc2)CC1. The fraction of sp³-hybridized carbons (Fsp3) is 0.550. The smallest absolute Gasteiger partial charge is 0.407 e. The highest BCUT2D eigenvalue weighted by molar-refractivity contribution is 7.89. The number of carbonyl (C=O) groups excluding carboxylic acids is 2. The van der Waals surface area contributed by atoms with Gasteiger partial charge in [-0.2, -0.15) is 9.57 Å². The maximum Gasteiger partial charge on any atom is 0.407 e. The van der Waals surface area contributed by atoms with Gasteiger partial charge in [-0.25, -0.2) is 13.2 Å². The van der Waals surface area contributed by atoms with E-state index in [1.807, 2.05) is 6.07 Å². The molecule has 1 heterocycles. The highest BCUT2D eigenvalue weighted by atomic mass is 32.2. The molecule has 1 aromatic carbocycles. The molecule has 30 heavy (non-hydrogen) atoms. The predicted molar refractivity (Wildman–Crippen MR) is 110 cm³/mol. The summed E-state index contributed by atoms with van der Waals surface area (Å²) in [7, 11) is -3.66. The van der Waals surface area contributed by atoms with Gasteiger partial charge < -0.3 is 15.0 Å². The summed E-state index contributed by atoms with van der Waals surface area (Å²) < 4.78 is 31.9. The molecule has 0 atom stereocenters. The maximum absolute atomic E-state index is 12.7. The quantitative estimate of drug-likeness (QED) is 0.678. The minimum atomic E-state index is -3.66. The number of nitrogens with zero attached hydrogens (tertiary/aromatic N) is 3. The van der Waals surface area contributed by atoms with Crippen molar-refractivity contribution in [2.24, 2.45) is 0 Å². The van der Waals surface area contributed by atoms with Gasteiger partial charge in [0.25, 0.3) is 0 Å². The number of benzene rings is 1. The molecule has 0 saturated carbocycles. The molecule has 1 aliphatic heterocycles. The first kappa shape index (κ1) is 23.6. The highest BCUT2D eigenvalue weighted by Crippen LogP contribution is 2.18. The van der Waals surface area contributed by atoms with Crippen LogP contribution in [0.15, 0.2) is 29.2 Å². The number of carbonyl (C=O) groups is 2. The van der Waals surface area contributed by atoms with E-state index in [1.54, 1.807) is 25.7 Å². The van der Waals surface area contributed by atoms with Crippen molar-refractivity contribution >= 4 is 22.0 Å². The molecular weight excluding hydrogens is 408 g/mol. The summed E-state index contributed by atoms with van der Waals surface area (Å²) in [5.74, 6) is -0.0728. The van der Waals surface area contributed by atoms with Crippen molar-refractivity contribution in [3.8, 4) is 6.07 Å². The van der Waals surface area contributed by atoms with Crippen molar-refractivity contribution in [1.82, 2.24) is 14.5 Å². The second-order valence-electron chi connectivity index (χ2n) is 7.95. The van der Waals surface area contributed by atoms with Crippen LogP contribution in [-0.4, -0.2) is 67.9 Å². The number of nitrogens with one attached hydrogen (secondary N) is 1. The van der Waals surface area contributed by atoms with E-state index in [4.69, 9.17) is 10.00 Å². The van der Waals surface area contributed by atoms with Crippen LogP contribution in [0.4, 0.5) is 4.79 Å². The molecule has 1 fully saturated rings. The van der Waals surface area contributed by atoms with Gasteiger partial charge in [0.15, 0.2) is 0 Å². The molecule has 0 aromatic heterocycles. The van der Waals surface area contributed by atoms with Crippen LogP contribution < -0.4 is 5.32 Å². The van der Waals surface area contributed by atoms with Crippen LogP contribution in [0.25, 0.3) is 0 Å². The van der Waals surface area contributed by atoms with E-state index in [9.17, 15) is 18.0 Å². The predicted octanol–water partition coefficient (Wildman–Crippen LogP) is 1.70. The molecule has 0 bridgehead atoms. The normalized spacial score (nSPS) is 15.3. The molecule has 1 aromatic rings. The van der Waals surface area contributed by atoms with Gasteiger partial charge in [0.05, 0.1) is 16.5 Å². The fourth-order valence-corrected chi connectivity index (χ4v) is 4.35. The largest absolute Gasteiger partial charge is 0.444 e. The number of hydrogen-bond donors (Lipinski definition) is 1. The Labute approximate surface area is 177 Å². The van der Waals surface area contributed by atoms with Crippen LogP contribution in [0.5, 0.6) is 0 Å². The Morgan fingerprint density at radius 3 is 2.27 bits per heavy atom. The van der Waals surface area contributed by atoms with E-state index >= 15 is 0 Å². The van der Waals surface area contributed by atoms with Crippen LogP contribution in [0, 0.1) is 11.3 Å². The Hall–Kier alpha value is -2.64. The maximum atomic E-state index is 12.7. The lowest BCUT2D eigenvalue weighted by atomic mass is 10.2. The Morgan fingerprint density at radius 1 is 1.13 bits per heavy atom. The van der Waals surface area contributed by atoms with Crippen molar-refractivity contribution in [3.63, 3.8) is 0 Å². The number of amides is 2. The van der Waals surface area contributed by atoms with Crippen molar-refractivity contribution in [2.45, 2.75) is 44.1 Å². The lowest BCUT2D eigenvalue weighted by molar-refractivity contribution is -0.132. The van der Waals surface area contributed by atoms with E-state index in [0.29, 0.717) is 31.6 Å². The van der Waals surface area contributed by atoms with Gasteiger partial charge in [0, 0.05) is 39.1 Å². The first-order valence-electron chi connectivity index (χ1n) is 9.78. The van der Waals surface area contributed by atoms with E-state index in [1.165, 1.54) is 28.6 Å². The first-order chi connectivity index (χ1) is 14.0. The number of sulfonamides is 1. The van der Waals surface area contributed by atoms with Gasteiger partial charge in [-0.05, 0) is 51.5 Å². The van der Waals surface area contributed by atoms with Gasteiger partial charge in [0.2, 0.25) is 15.9 Å². The van der Waals surface area contributed by atoms with E-state index in [2.05, 4.69) is 5.32 Å². The van der Waals surface area contributed by atoms with E-state index < -0.39 is 21.7 Å². The third-order valence-electron chi connectivity index (χ3n) is 4.45. The molecule has 1 aliphatic rings. The zero-order valence-electron chi connectivity index (χ0n) is 17.6. The van der Waals surface area contributed by atoms with Gasteiger partial charge >= 0.3 is 6.09 Å². The summed E-state index contributed by atoms with van der Waals surface area (Å²) >= 11 is 0. The lowest BCUT2D eigenvalue weighted by Crippen LogP contribution is -2.50. The molecule has 9 nitrogen and oxygen atoms in total. The monoisotopic (exact) mass is 436 g/mol. The summed E-state index contributed by atoms with van der Waals surface area (Å²) in [5.41, 5.74) is -0.178. The van der Waals surface area contributed by atoms with Gasteiger partial charge in [-0.1, -0.05) is 0 Å². The van der Waals surface area contributed by atoms with Gasteiger partial charge in [-0.3, -0.25) is 4.79 Å². The van der Waals surface area contributed by atoms with Crippen molar-refractivity contribution < 1.29 is 22.7 Å². The second kappa shape index (κ2) is 9.91. The summed E-state index contributed by atoms with van der Waals surface area (Å²) in [6.45, 7) is 6.70. The lowest BCUT2D eigenvalue weighted by Gasteiger charge is -2.34. The number of rotatable bonds is 6. The minimum Gasteiger partial charge on any atom is -0.444 e. The molecule has 0 unspecified atom stereocenters. The third-order valence-corrected chi connectivity index (χ3v) is 6.36. The van der Waals surface area contributed by atoms with Crippen LogP contribution in [0.3, 0.4) is 0 Å². The third kappa shape index (κ3) is 6.71. The van der Waals surface area contributed by atoms with E-state index in [-0.39, 0.29) is 30.3 Å². The van der Waals surface area contributed by atoms with Crippen molar-refractivity contribution in [1.29, 1.82) is 5.26 Å². The van der Waals surface area contributed by atoms with Gasteiger partial charge in [-0.15, -0.1) is 0 Å². The first-order valence-corrected chi connectivity index (χ1v) is 11.2. The van der Waals surface area contributed by atoms with Crippen LogP contribution >= 0.6 is 0 Å². The molecule has 1 saturated heterocycles. The topological polar surface area (TPSA) is 120 Å². The van der Waals surface area contributed by atoms with Gasteiger partial charge in [0.1, 0.15) is 5.60 Å². The molecule has 10 heteroatoms. The summed E-state index contributed by atoms with van der Waals surface area (Å²) in [4.78, 5) is 25.7. The number of ether oxygens (including phenoxy) is 1. The molecule has 2 rings (SSSR count). The molecule has 0 spiro atoms. The second-order valence-corrected chi connectivity index (χ2v) is 9.89. The fourth-order valence-electron chi connectivity index (χ4n) is 2.93. The number of alkyl carbamates (subject to hydrolysis) is 1. The Bertz CT molecular complexity index is 893. The zero-order valence-corrected chi connectivity index (χ0v) is 18.4. The molecule has 2 amide bonds. The highest BCUT2D eigenvalue weighted by Gasteiger charge is 2.30. The Balaban J connectivity index is 1.77.